The van der Waals surface area contributed by atoms with Crippen molar-refractivity contribution in [2.45, 2.75) is 53.9 Å². The number of methoxy groups -OCH3 is 7. The zero-order valence-corrected chi connectivity index (χ0v) is 72.9. The second-order valence-electron chi connectivity index (χ2n) is 23.0. The second-order valence-corrected chi connectivity index (χ2v) is 23.7. The van der Waals surface area contributed by atoms with Crippen molar-refractivity contribution in [3.05, 3.63) is 142 Å². The van der Waals surface area contributed by atoms with Crippen LogP contribution in [0, 0.1) is 61.7 Å². The van der Waals surface area contributed by atoms with E-state index >= 15 is 0 Å². The highest BCUT2D eigenvalue weighted by atomic mass is 35.5. The number of nitriles is 3. The Kier molecular flexibility index (Phi) is 50.1. The first-order valence-corrected chi connectivity index (χ1v) is 35.7. The van der Waals surface area contributed by atoms with Gasteiger partial charge in [-0.05, 0) is 41.7 Å². The lowest BCUT2D eigenvalue weighted by Crippen LogP contribution is -2.14. The van der Waals surface area contributed by atoms with Gasteiger partial charge in [0.1, 0.15) is 94.8 Å². The molecule has 128 heavy (non-hydrogen) atoms. The Bertz CT molecular complexity index is 5570. The Balaban J connectivity index is 0.000000807. The smallest absolute Gasteiger partial charge is 0.351 e. The summed E-state index contributed by atoms with van der Waals surface area (Å²) in [5.74, 6) is 23.8. The maximum absolute atomic E-state index is 12.0. The van der Waals surface area contributed by atoms with E-state index in [-0.39, 0.29) is 106 Å². The quantitative estimate of drug-likeness (QED) is 0.00367. The van der Waals surface area contributed by atoms with Crippen LogP contribution in [0.25, 0.3) is 23.3 Å². The zero-order chi connectivity index (χ0) is 96.9. The molecule has 0 spiro atoms. The van der Waals surface area contributed by atoms with E-state index in [0.717, 1.165) is 17.6 Å². The first-order chi connectivity index (χ1) is 61.0. The standard InChI is InChI=1S/C24H24N16O4.C12H14N8.C6H7N3O2.C6H7NO3.C4H2Cl2N2.C4H8N6.C4H5NO2.C4H5NO.C4H10O3.CH6N2.H4N2/c1-11-18(31-33-22-13(15(42)9-41)7-29-37(22)3)20(25)39(35-11)16-6-17(28-10-27-16)40-21(26)19(12(2)36-40)32-34-23-14(24(43)44-5)8-30-38(23)4;1-7-3-9(13)19(17-7)11-5-12(16-6-15-11)20-10(14)4-8(2)18-20;1-9-6(7)4(2-8-9)5(11)3-10;1-9-4-5(3-7)6(8)10-2;5-3-1-4(6)8-2-7-3;5-9-3-1-4(10-6)8-2-7-3;1-7-4(6)2-3-5;1-4(6)2-3-5;1-5-4(6-2)7-3;1-3-2;1-2/h6-10H,25-26H2,1-5H3;3-6H,13-14H2,1-2H3;2-3H,7H2,1H3;4H,1-2H3;1-2H;1-2H,5-6H2,(H2,7,8,9,10);2H2,1H3;2H2,1H3;4H,1-3H3;3H,2H2,1H3;1-2H2/b;;;5-4+;;;;;;;. The number of esters is 3. The lowest BCUT2D eigenvalue weighted by Gasteiger charge is -2.08. The third-order valence-corrected chi connectivity index (χ3v) is 14.5. The summed E-state index contributed by atoms with van der Waals surface area (Å²) in [4.78, 5) is 118. The number of halogens is 2. The van der Waals surface area contributed by atoms with Crippen LogP contribution in [0.1, 0.15) is 73.6 Å². The fourth-order valence-corrected chi connectivity index (χ4v) is 8.76. The van der Waals surface area contributed by atoms with E-state index in [4.69, 9.17) is 84.1 Å². The number of aldehydes is 2. The fraction of sp³-hybridized carbons (Fsp3) is 0.275. The molecule has 0 aliphatic carbocycles. The number of aromatic nitrogens is 22. The number of hydrogen-bond acceptors (Lipinski definition) is 50. The van der Waals surface area contributed by atoms with E-state index in [1.54, 1.807) is 93.9 Å². The molecule has 0 saturated carbocycles. The minimum Gasteiger partial charge on any atom is -0.503 e. The summed E-state index contributed by atoms with van der Waals surface area (Å²) in [7, 11) is 16.0. The van der Waals surface area contributed by atoms with Gasteiger partial charge in [0.15, 0.2) is 76.1 Å². The molecule has 11 heterocycles. The Hall–Kier alpha value is -16.4. The third-order valence-electron chi connectivity index (χ3n) is 14.1. The van der Waals surface area contributed by atoms with E-state index < -0.39 is 36.0 Å². The van der Waals surface area contributed by atoms with Crippen LogP contribution in [0.3, 0.4) is 0 Å². The number of azo groups is 2. The number of nitrogens with one attached hydrogen (secondary N) is 3. The highest BCUT2D eigenvalue weighted by Gasteiger charge is 2.23. The Morgan fingerprint density at radius 3 is 1.20 bits per heavy atom. The zero-order valence-electron chi connectivity index (χ0n) is 71.4. The van der Waals surface area contributed by atoms with Crippen LogP contribution < -0.4 is 74.2 Å². The first-order valence-electron chi connectivity index (χ1n) is 34.9. The van der Waals surface area contributed by atoms with Crippen molar-refractivity contribution in [1.82, 2.24) is 114 Å². The fourth-order valence-electron chi connectivity index (χ4n) is 8.41. The lowest BCUT2D eigenvalue weighted by atomic mass is 10.2. The molecule has 0 saturated heterocycles. The van der Waals surface area contributed by atoms with Gasteiger partial charge in [-0.3, -0.25) is 56.4 Å². The van der Waals surface area contributed by atoms with Crippen molar-refractivity contribution in [3.63, 3.8) is 0 Å². The molecule has 0 atom stereocenters. The largest absolute Gasteiger partial charge is 0.503 e. The van der Waals surface area contributed by atoms with Crippen molar-refractivity contribution in [1.29, 1.82) is 15.8 Å². The van der Waals surface area contributed by atoms with E-state index in [9.17, 15) is 38.4 Å². The number of aryl methyl sites for hydroxylation is 7. The summed E-state index contributed by atoms with van der Waals surface area (Å²) >= 11 is 10.8. The molecule has 0 fully saturated rings. The SMILES string of the molecule is CC(=O)CC#N.CNN.CO/C=C(\C#N)C(=O)OC.COC(=O)CC#N.COC(=O)c1cnn(C)c1N=Nc1c(C)nn(-c2cc(-n3nc(C)c(N=Nc4c(C(=O)C=O)cnn4C)c3N)ncn2)c1N.COC(OC)OC.Cc1cc(N)n(-c2cc(-n3nc(C)cc3N)ncn2)n1.Clc1cc(Cl)ncn1.Cn1ncc(C(=O)C=O)c1N.NN.NNc1cc(NN)ncn1. The number of hydrogen-bond donors (Lipinski definition) is 13. The van der Waals surface area contributed by atoms with Gasteiger partial charge in [-0.15, -0.1) is 20.5 Å². The van der Waals surface area contributed by atoms with Crippen LogP contribution in [0.4, 0.5) is 63.7 Å². The Labute approximate surface area is 737 Å². The molecule has 682 valence electrons. The summed E-state index contributed by atoms with van der Waals surface area (Å²) in [5.41, 5.74) is 39.9. The predicted octanol–water partition coefficient (Wildman–Crippen LogP) is 1.82. The van der Waals surface area contributed by atoms with Gasteiger partial charge >= 0.3 is 17.9 Å². The molecule has 0 unspecified atom stereocenters. The number of rotatable bonds is 22. The molecule has 59 heteroatoms. The number of anilines is 7. The number of Topliss-reactive ketones (excluding diaryl/α,β-unsaturated/α-hetero) is 3. The molecule has 0 amide bonds. The van der Waals surface area contributed by atoms with Crippen LogP contribution >= 0.6 is 23.2 Å². The molecule has 0 bridgehead atoms. The number of nitrogens with zero attached hydrogens (tertiary/aromatic N) is 29. The number of carbonyl (C=O) groups excluding carboxylic acids is 8. The summed E-state index contributed by atoms with van der Waals surface area (Å²) in [5, 5.41) is 70.3. The van der Waals surface area contributed by atoms with Gasteiger partial charge < -0.3 is 72.7 Å². The van der Waals surface area contributed by atoms with Crippen molar-refractivity contribution in [2.75, 3.05) is 96.3 Å². The van der Waals surface area contributed by atoms with Crippen molar-refractivity contribution >= 4 is 135 Å². The summed E-state index contributed by atoms with van der Waals surface area (Å²) < 4.78 is 41.1. The summed E-state index contributed by atoms with van der Waals surface area (Å²) in [6.45, 7) is 7.94. The van der Waals surface area contributed by atoms with Crippen molar-refractivity contribution in [2.24, 2.45) is 70.8 Å². The van der Waals surface area contributed by atoms with Crippen LogP contribution in [-0.4, -0.2) is 219 Å². The van der Waals surface area contributed by atoms with Gasteiger partial charge in [-0.1, -0.05) is 23.2 Å². The van der Waals surface area contributed by atoms with Gasteiger partial charge in [-0.25, -0.2) is 70.5 Å². The van der Waals surface area contributed by atoms with Gasteiger partial charge in [0.25, 0.3) is 6.48 Å². The van der Waals surface area contributed by atoms with Crippen molar-refractivity contribution < 1.29 is 71.5 Å². The first kappa shape index (κ1) is 110. The Morgan fingerprint density at radius 2 is 0.898 bits per heavy atom. The lowest BCUT2D eigenvalue weighted by molar-refractivity contribution is -0.252. The maximum Gasteiger partial charge on any atom is 0.351 e. The average molecular weight is 1820 g/mol. The van der Waals surface area contributed by atoms with Crippen LogP contribution in [0.5, 0.6) is 0 Å². The molecule has 11 aromatic heterocycles. The third kappa shape index (κ3) is 35.2. The van der Waals surface area contributed by atoms with Crippen LogP contribution in [0.2, 0.25) is 10.3 Å². The molecule has 23 N–H and O–H groups in total. The minimum atomic E-state index is -0.790. The van der Waals surface area contributed by atoms with E-state index in [2.05, 4.69) is 158 Å². The number of nitrogen functional groups attached to an aromatic ring is 7. The number of nitrogens with two attached hydrogens (primary N) is 10. The topological polar surface area (TPSA) is 846 Å². The molecular formula is C69H92Cl2N42O15. The highest BCUT2D eigenvalue weighted by molar-refractivity contribution is 6.35. The number of carbonyl (C=O) groups is 8. The number of hydrazine groups is 4. The molecule has 0 aliphatic heterocycles. The number of ether oxygens (including phenoxy) is 7. The average Bonchev–Trinajstić information content (AvgIpc) is 1.63. The van der Waals surface area contributed by atoms with Crippen LogP contribution in [0.15, 0.2) is 113 Å². The van der Waals surface area contributed by atoms with E-state index in [0.29, 0.717) is 56.6 Å². The van der Waals surface area contributed by atoms with Crippen molar-refractivity contribution in [3.8, 4) is 41.5 Å². The molecule has 0 aliphatic rings. The van der Waals surface area contributed by atoms with Gasteiger partial charge in [0, 0.05) is 78.9 Å². The maximum atomic E-state index is 12.0. The Morgan fingerprint density at radius 1 is 0.508 bits per heavy atom. The molecular weight excluding hydrogens is 1730 g/mol. The minimum absolute atomic E-state index is 0.00876. The highest BCUT2D eigenvalue weighted by Crippen LogP contribution is 2.34. The normalized spacial score (nSPS) is 9.99. The molecule has 0 aromatic carbocycles. The van der Waals surface area contributed by atoms with Gasteiger partial charge in [-0.2, -0.15) is 70.2 Å². The van der Waals surface area contributed by atoms with E-state index in [1.165, 1.54) is 136 Å². The summed E-state index contributed by atoms with van der Waals surface area (Å²) in [6, 6.07) is 14.8. The van der Waals surface area contributed by atoms with Crippen LogP contribution in [-0.2, 0) is 78.3 Å². The monoisotopic (exact) mass is 1820 g/mol. The number of ketones is 3. The van der Waals surface area contributed by atoms with Gasteiger partial charge in [0.05, 0.1) is 99.5 Å². The molecule has 57 nitrogen and oxygen atoms in total. The van der Waals surface area contributed by atoms with E-state index in [1.807, 2.05) is 13.8 Å². The molecule has 0 radical (unpaired) electrons. The predicted molar refractivity (Wildman–Crippen MR) is 456 cm³/mol. The van der Waals surface area contributed by atoms with Gasteiger partial charge in [0.2, 0.25) is 11.6 Å². The second kappa shape index (κ2) is 58.6. The summed E-state index contributed by atoms with van der Waals surface area (Å²) in [6.07, 6.45) is 10.5. The molecule has 11 rings (SSSR count). The molecule has 11 aromatic rings.